The van der Waals surface area contributed by atoms with Crippen LogP contribution in [0.25, 0.3) is 0 Å². The smallest absolute Gasteiger partial charge is 0.241 e. The Kier molecular flexibility index (Phi) is 7.28. The van der Waals surface area contributed by atoms with Crippen molar-refractivity contribution >= 4 is 21.6 Å². The summed E-state index contributed by atoms with van der Waals surface area (Å²) in [5.41, 5.74) is 1.44. The summed E-state index contributed by atoms with van der Waals surface area (Å²) in [5, 5.41) is 2.76. The van der Waals surface area contributed by atoms with E-state index in [1.54, 1.807) is 31.2 Å². The minimum Gasteiger partial charge on any atom is -0.495 e. The third kappa shape index (κ3) is 6.16. The van der Waals surface area contributed by atoms with Gasteiger partial charge in [0, 0.05) is 0 Å². The van der Waals surface area contributed by atoms with Crippen molar-refractivity contribution in [3.05, 3.63) is 54.1 Å². The van der Waals surface area contributed by atoms with Gasteiger partial charge in [0.05, 0.1) is 25.1 Å². The number of sulfonamides is 1. The number of benzene rings is 2. The van der Waals surface area contributed by atoms with Gasteiger partial charge in [-0.1, -0.05) is 29.8 Å². The third-order valence-electron chi connectivity index (χ3n) is 3.97. The van der Waals surface area contributed by atoms with Gasteiger partial charge in [0.15, 0.2) is 0 Å². The number of hydrogen-bond donors (Lipinski definition) is 1. The molecule has 0 spiro atoms. The minimum absolute atomic E-state index is 0.266. The number of carbonyl (C=O) groups is 1. The number of methoxy groups -OCH3 is 1. The van der Waals surface area contributed by atoms with Crippen LogP contribution in [0, 0.1) is 6.92 Å². The summed E-state index contributed by atoms with van der Waals surface area (Å²) in [6.45, 7) is 3.69. The Labute approximate surface area is 166 Å². The van der Waals surface area contributed by atoms with E-state index in [4.69, 9.17) is 9.47 Å². The fourth-order valence-corrected chi connectivity index (χ4v) is 3.43. The molecule has 1 atom stereocenters. The highest BCUT2D eigenvalue weighted by atomic mass is 32.2. The molecule has 0 aliphatic heterocycles. The van der Waals surface area contributed by atoms with Crippen LogP contribution in [0.1, 0.15) is 12.5 Å². The zero-order valence-electron chi connectivity index (χ0n) is 16.5. The summed E-state index contributed by atoms with van der Waals surface area (Å²) in [7, 11) is -2.23. The van der Waals surface area contributed by atoms with Crippen LogP contribution in [0.3, 0.4) is 0 Å². The Morgan fingerprint density at radius 2 is 1.79 bits per heavy atom. The lowest BCUT2D eigenvalue weighted by atomic mass is 10.2. The minimum atomic E-state index is -3.68. The van der Waals surface area contributed by atoms with Gasteiger partial charge in [0.2, 0.25) is 15.9 Å². The van der Waals surface area contributed by atoms with Crippen molar-refractivity contribution in [2.75, 3.05) is 30.8 Å². The molecule has 0 heterocycles. The highest BCUT2D eigenvalue weighted by molar-refractivity contribution is 7.92. The van der Waals surface area contributed by atoms with Gasteiger partial charge >= 0.3 is 0 Å². The van der Waals surface area contributed by atoms with Crippen molar-refractivity contribution in [1.82, 2.24) is 5.32 Å². The van der Waals surface area contributed by atoms with Gasteiger partial charge in [-0.05, 0) is 38.1 Å². The van der Waals surface area contributed by atoms with E-state index >= 15 is 0 Å². The molecule has 8 heteroatoms. The molecule has 2 rings (SSSR count). The van der Waals surface area contributed by atoms with Gasteiger partial charge in [-0.2, -0.15) is 0 Å². The standard InChI is InChI=1S/C20H26N2O5S/c1-15-9-11-17(12-10-15)27-14-16(2)21-20(23)13-22(28(4,24)25)18-7-5-6-8-19(18)26-3/h5-12,16H,13-14H2,1-4H3,(H,21,23)/t16-/m1/s1. The number of nitrogens with one attached hydrogen (secondary N) is 1. The van der Waals surface area contributed by atoms with Crippen LogP contribution in [0.2, 0.25) is 0 Å². The molecule has 0 unspecified atom stereocenters. The molecule has 0 aliphatic carbocycles. The van der Waals surface area contributed by atoms with Crippen LogP contribution in [-0.4, -0.2) is 46.9 Å². The van der Waals surface area contributed by atoms with E-state index in [0.29, 0.717) is 17.2 Å². The van der Waals surface area contributed by atoms with Crippen molar-refractivity contribution in [1.29, 1.82) is 0 Å². The van der Waals surface area contributed by atoms with Crippen LogP contribution in [0.4, 0.5) is 5.69 Å². The maximum absolute atomic E-state index is 12.4. The highest BCUT2D eigenvalue weighted by Gasteiger charge is 2.24. The maximum Gasteiger partial charge on any atom is 0.241 e. The van der Waals surface area contributed by atoms with E-state index in [1.807, 2.05) is 31.2 Å². The number of aryl methyl sites for hydroxylation is 1. The van der Waals surface area contributed by atoms with Crippen molar-refractivity contribution in [2.45, 2.75) is 19.9 Å². The van der Waals surface area contributed by atoms with Gasteiger partial charge in [-0.25, -0.2) is 8.42 Å². The van der Waals surface area contributed by atoms with Crippen molar-refractivity contribution < 1.29 is 22.7 Å². The lowest BCUT2D eigenvalue weighted by Gasteiger charge is -2.24. The first-order valence-corrected chi connectivity index (χ1v) is 10.6. The number of anilines is 1. The number of para-hydroxylation sites is 2. The first-order chi connectivity index (χ1) is 13.2. The summed E-state index contributed by atoms with van der Waals surface area (Å²) in [6, 6.07) is 14.0. The summed E-state index contributed by atoms with van der Waals surface area (Å²) in [5.74, 6) is 0.645. The van der Waals surface area contributed by atoms with Crippen LogP contribution in [-0.2, 0) is 14.8 Å². The van der Waals surface area contributed by atoms with Crippen LogP contribution in [0.15, 0.2) is 48.5 Å². The molecule has 0 radical (unpaired) electrons. The Balaban J connectivity index is 2.00. The molecule has 0 fully saturated rings. The predicted molar refractivity (Wildman–Crippen MR) is 109 cm³/mol. The molecular formula is C20H26N2O5S. The largest absolute Gasteiger partial charge is 0.495 e. The molecular weight excluding hydrogens is 380 g/mol. The van der Waals surface area contributed by atoms with Gasteiger partial charge in [-0.15, -0.1) is 0 Å². The zero-order valence-corrected chi connectivity index (χ0v) is 17.3. The van der Waals surface area contributed by atoms with E-state index in [2.05, 4.69) is 5.32 Å². The van der Waals surface area contributed by atoms with Gasteiger partial charge in [-0.3, -0.25) is 9.10 Å². The molecule has 0 bridgehead atoms. The summed E-state index contributed by atoms with van der Waals surface area (Å²) >= 11 is 0. The van der Waals surface area contributed by atoms with Crippen LogP contribution in [0.5, 0.6) is 11.5 Å². The van der Waals surface area contributed by atoms with Gasteiger partial charge in [0.25, 0.3) is 0 Å². The molecule has 2 aromatic rings. The normalized spacial score (nSPS) is 12.1. The zero-order chi connectivity index (χ0) is 20.7. The summed E-state index contributed by atoms with van der Waals surface area (Å²) in [6.07, 6.45) is 1.05. The molecule has 152 valence electrons. The SMILES string of the molecule is COc1ccccc1N(CC(=O)N[C@H](C)COc1ccc(C)cc1)S(C)(=O)=O. The average Bonchev–Trinajstić information content (AvgIpc) is 2.65. The van der Waals surface area contributed by atoms with Gasteiger partial charge in [0.1, 0.15) is 24.7 Å². The quantitative estimate of drug-likeness (QED) is 0.691. The van der Waals surface area contributed by atoms with Crippen LogP contribution >= 0.6 is 0 Å². The molecule has 0 saturated heterocycles. The Morgan fingerprint density at radius 3 is 2.39 bits per heavy atom. The maximum atomic E-state index is 12.4. The second kappa shape index (κ2) is 9.45. The number of rotatable bonds is 9. The Hall–Kier alpha value is -2.74. The lowest BCUT2D eigenvalue weighted by Crippen LogP contribution is -2.45. The topological polar surface area (TPSA) is 84.9 Å². The van der Waals surface area contributed by atoms with Crippen molar-refractivity contribution in [3.8, 4) is 11.5 Å². The molecule has 28 heavy (non-hydrogen) atoms. The van der Waals surface area contributed by atoms with E-state index in [9.17, 15) is 13.2 Å². The van der Waals surface area contributed by atoms with Crippen molar-refractivity contribution in [2.24, 2.45) is 0 Å². The monoisotopic (exact) mass is 406 g/mol. The number of hydrogen-bond acceptors (Lipinski definition) is 5. The number of carbonyl (C=O) groups excluding carboxylic acids is 1. The Morgan fingerprint density at radius 1 is 1.14 bits per heavy atom. The average molecular weight is 407 g/mol. The molecule has 0 saturated carbocycles. The molecule has 7 nitrogen and oxygen atoms in total. The second-order valence-electron chi connectivity index (χ2n) is 6.53. The van der Waals surface area contributed by atoms with Crippen LogP contribution < -0.4 is 19.1 Å². The number of ether oxygens (including phenoxy) is 2. The highest BCUT2D eigenvalue weighted by Crippen LogP contribution is 2.29. The molecule has 1 N–H and O–H groups in total. The van der Waals surface area contributed by atoms with Crippen molar-refractivity contribution in [3.63, 3.8) is 0 Å². The fraction of sp³-hybridized carbons (Fsp3) is 0.350. The predicted octanol–water partition coefficient (Wildman–Crippen LogP) is 2.35. The van der Waals surface area contributed by atoms with E-state index in [0.717, 1.165) is 16.1 Å². The Bertz CT molecular complexity index is 897. The molecule has 0 aromatic heterocycles. The lowest BCUT2D eigenvalue weighted by molar-refractivity contribution is -0.120. The summed E-state index contributed by atoms with van der Waals surface area (Å²) in [4.78, 5) is 12.4. The van der Waals surface area contributed by atoms with E-state index in [-0.39, 0.29) is 19.2 Å². The number of nitrogens with zero attached hydrogens (tertiary/aromatic N) is 1. The fourth-order valence-electron chi connectivity index (χ4n) is 2.57. The van der Waals surface area contributed by atoms with E-state index in [1.165, 1.54) is 7.11 Å². The van der Waals surface area contributed by atoms with Gasteiger partial charge < -0.3 is 14.8 Å². The molecule has 0 aliphatic rings. The third-order valence-corrected chi connectivity index (χ3v) is 5.10. The van der Waals surface area contributed by atoms with E-state index < -0.39 is 15.9 Å². The summed E-state index contributed by atoms with van der Waals surface area (Å²) < 4.78 is 36.3. The molecule has 2 aromatic carbocycles. The second-order valence-corrected chi connectivity index (χ2v) is 8.44. The number of amides is 1. The first-order valence-electron chi connectivity index (χ1n) is 8.80. The molecule has 1 amide bonds. The first kappa shape index (κ1) is 21.6.